The second kappa shape index (κ2) is 12.1. The van der Waals surface area contributed by atoms with E-state index < -0.39 is 0 Å². The summed E-state index contributed by atoms with van der Waals surface area (Å²) < 4.78 is 5.80. The number of nitro benzene ring substituents is 1. The van der Waals surface area contributed by atoms with E-state index in [0.717, 1.165) is 56.0 Å². The van der Waals surface area contributed by atoms with Crippen LogP contribution < -0.4 is 9.64 Å². The number of ether oxygens (including phenoxy) is 1. The molecule has 1 fully saturated rings. The zero-order valence-corrected chi connectivity index (χ0v) is 18.5. The van der Waals surface area contributed by atoms with E-state index in [1.807, 2.05) is 36.4 Å². The molecular weight excluding hydrogens is 390 g/mol. The lowest BCUT2D eigenvalue weighted by atomic mass is 10.1. The van der Waals surface area contributed by atoms with Gasteiger partial charge in [-0.2, -0.15) is 0 Å². The summed E-state index contributed by atoms with van der Waals surface area (Å²) in [5, 5.41) is 11.5. The van der Waals surface area contributed by atoms with Crippen molar-refractivity contribution in [2.75, 3.05) is 24.6 Å². The Labute approximate surface area is 185 Å². The molecule has 31 heavy (non-hydrogen) atoms. The molecule has 0 unspecified atom stereocenters. The molecular formula is C25H33N3O3. The summed E-state index contributed by atoms with van der Waals surface area (Å²) >= 11 is 0. The molecule has 0 radical (unpaired) electrons. The van der Waals surface area contributed by atoms with Crippen molar-refractivity contribution in [1.82, 2.24) is 0 Å². The Bertz CT molecular complexity index is 859. The molecule has 0 amide bonds. The summed E-state index contributed by atoms with van der Waals surface area (Å²) in [5.74, 6) is 0.845. The van der Waals surface area contributed by atoms with Crippen LogP contribution in [0, 0.1) is 10.1 Å². The predicted molar refractivity (Wildman–Crippen MR) is 127 cm³/mol. The highest BCUT2D eigenvalue weighted by molar-refractivity contribution is 5.85. The third-order valence-electron chi connectivity index (χ3n) is 5.61. The van der Waals surface area contributed by atoms with Crippen molar-refractivity contribution < 1.29 is 9.66 Å². The minimum Gasteiger partial charge on any atom is -0.494 e. The van der Waals surface area contributed by atoms with Crippen LogP contribution in [0.1, 0.15) is 63.9 Å². The van der Waals surface area contributed by atoms with Gasteiger partial charge in [0.2, 0.25) is 0 Å². The van der Waals surface area contributed by atoms with Gasteiger partial charge in [0, 0.05) is 25.4 Å². The Morgan fingerprint density at radius 2 is 1.74 bits per heavy atom. The lowest BCUT2D eigenvalue weighted by Gasteiger charge is -2.17. The van der Waals surface area contributed by atoms with Gasteiger partial charge in [-0.3, -0.25) is 15.1 Å². The van der Waals surface area contributed by atoms with Crippen molar-refractivity contribution in [1.29, 1.82) is 0 Å². The summed E-state index contributed by atoms with van der Waals surface area (Å²) in [7, 11) is 0. The largest absolute Gasteiger partial charge is 0.494 e. The van der Waals surface area contributed by atoms with Crippen LogP contribution in [-0.2, 0) is 0 Å². The van der Waals surface area contributed by atoms with Gasteiger partial charge in [-0.05, 0) is 55.2 Å². The van der Waals surface area contributed by atoms with Gasteiger partial charge in [0.25, 0.3) is 5.69 Å². The van der Waals surface area contributed by atoms with Crippen LogP contribution in [0.4, 0.5) is 17.1 Å². The Morgan fingerprint density at radius 3 is 2.45 bits per heavy atom. The molecule has 0 aromatic heterocycles. The molecule has 0 N–H and O–H groups in total. The molecule has 2 aromatic carbocycles. The van der Waals surface area contributed by atoms with Crippen molar-refractivity contribution in [2.45, 2.75) is 58.3 Å². The van der Waals surface area contributed by atoms with E-state index in [2.05, 4.69) is 16.8 Å². The first-order chi connectivity index (χ1) is 15.2. The third kappa shape index (κ3) is 7.09. The van der Waals surface area contributed by atoms with E-state index in [9.17, 15) is 10.1 Å². The van der Waals surface area contributed by atoms with Crippen LogP contribution in [-0.4, -0.2) is 30.8 Å². The third-order valence-corrected chi connectivity index (χ3v) is 5.61. The second-order valence-corrected chi connectivity index (χ2v) is 8.07. The number of anilines is 1. The first-order valence-corrected chi connectivity index (χ1v) is 11.5. The summed E-state index contributed by atoms with van der Waals surface area (Å²) in [4.78, 5) is 17.8. The molecule has 1 heterocycles. The number of rotatable bonds is 12. The van der Waals surface area contributed by atoms with Gasteiger partial charge in [0.1, 0.15) is 11.4 Å². The molecule has 1 saturated heterocycles. The summed E-state index contributed by atoms with van der Waals surface area (Å²) in [5.41, 5.74) is 2.35. The number of unbranched alkanes of at least 4 members (excludes halogenated alkanes) is 5. The highest BCUT2D eigenvalue weighted by atomic mass is 16.6. The summed E-state index contributed by atoms with van der Waals surface area (Å²) in [6.45, 7) is 4.72. The zero-order chi connectivity index (χ0) is 21.9. The molecule has 166 valence electrons. The smallest absolute Gasteiger partial charge is 0.293 e. The van der Waals surface area contributed by atoms with Gasteiger partial charge in [0.15, 0.2) is 0 Å². The quantitative estimate of drug-likeness (QED) is 0.165. The highest BCUT2D eigenvalue weighted by Gasteiger charge is 2.22. The minimum atomic E-state index is -0.305. The normalized spacial score (nSPS) is 13.8. The fourth-order valence-electron chi connectivity index (χ4n) is 3.84. The van der Waals surface area contributed by atoms with Crippen molar-refractivity contribution in [3.63, 3.8) is 0 Å². The molecule has 0 aliphatic carbocycles. The van der Waals surface area contributed by atoms with Crippen molar-refractivity contribution in [3.8, 4) is 5.75 Å². The number of nitrogens with zero attached hydrogens (tertiary/aromatic N) is 3. The molecule has 3 rings (SSSR count). The number of hydrogen-bond donors (Lipinski definition) is 0. The molecule has 0 atom stereocenters. The molecule has 6 nitrogen and oxygen atoms in total. The molecule has 1 aliphatic heterocycles. The van der Waals surface area contributed by atoms with Gasteiger partial charge in [-0.25, -0.2) is 0 Å². The number of aliphatic imine (C=N–C) groups is 1. The minimum absolute atomic E-state index is 0.143. The zero-order valence-electron chi connectivity index (χ0n) is 18.5. The standard InChI is InChI=1S/C25H33N3O3/c1-2-3-4-5-6-9-18-31-23-13-11-22(12-14-23)26-20-21-10-15-24(25(19-21)28(29)30)27-16-7-8-17-27/h10-15,19-20H,2-9,16-18H2,1H3. The highest BCUT2D eigenvalue weighted by Crippen LogP contribution is 2.31. The fraction of sp³-hybridized carbons (Fsp3) is 0.480. The van der Waals surface area contributed by atoms with E-state index in [4.69, 9.17) is 4.74 Å². The molecule has 0 bridgehead atoms. The topological polar surface area (TPSA) is 68.0 Å². The Morgan fingerprint density at radius 1 is 1.03 bits per heavy atom. The van der Waals surface area contributed by atoms with Gasteiger partial charge in [-0.1, -0.05) is 45.1 Å². The average Bonchev–Trinajstić information content (AvgIpc) is 3.32. The number of hydrogen-bond acceptors (Lipinski definition) is 5. The van der Waals surface area contributed by atoms with E-state index in [1.165, 1.54) is 32.1 Å². The SMILES string of the molecule is CCCCCCCCOc1ccc(N=Cc2ccc(N3CCCC3)c([N+](=O)[O-])c2)cc1. The average molecular weight is 424 g/mol. The van der Waals surface area contributed by atoms with Crippen molar-refractivity contribution in [3.05, 3.63) is 58.1 Å². The van der Waals surface area contributed by atoms with E-state index in [-0.39, 0.29) is 10.6 Å². The van der Waals surface area contributed by atoms with E-state index in [0.29, 0.717) is 5.69 Å². The predicted octanol–water partition coefficient (Wildman–Crippen LogP) is 6.68. The van der Waals surface area contributed by atoms with Crippen LogP contribution in [0.15, 0.2) is 47.5 Å². The van der Waals surface area contributed by atoms with Gasteiger partial charge in [-0.15, -0.1) is 0 Å². The van der Waals surface area contributed by atoms with E-state index >= 15 is 0 Å². The molecule has 0 spiro atoms. The number of benzene rings is 2. The summed E-state index contributed by atoms with van der Waals surface area (Å²) in [6, 6.07) is 13.0. The second-order valence-electron chi connectivity index (χ2n) is 8.07. The van der Waals surface area contributed by atoms with Gasteiger partial charge < -0.3 is 9.64 Å². The lowest BCUT2D eigenvalue weighted by Crippen LogP contribution is -2.18. The van der Waals surface area contributed by atoms with Crippen LogP contribution in [0.25, 0.3) is 0 Å². The summed E-state index contributed by atoms with van der Waals surface area (Å²) in [6.07, 6.45) is 11.3. The Balaban J connectivity index is 1.53. The van der Waals surface area contributed by atoms with Crippen molar-refractivity contribution >= 4 is 23.3 Å². The fourth-order valence-corrected chi connectivity index (χ4v) is 3.84. The van der Waals surface area contributed by atoms with Crippen LogP contribution in [0.2, 0.25) is 0 Å². The maximum Gasteiger partial charge on any atom is 0.293 e. The van der Waals surface area contributed by atoms with Gasteiger partial charge >= 0.3 is 0 Å². The molecule has 1 aliphatic rings. The maximum absolute atomic E-state index is 11.5. The first kappa shape index (κ1) is 22.8. The van der Waals surface area contributed by atoms with Crippen LogP contribution >= 0.6 is 0 Å². The lowest BCUT2D eigenvalue weighted by molar-refractivity contribution is -0.384. The van der Waals surface area contributed by atoms with Crippen LogP contribution in [0.3, 0.4) is 0 Å². The van der Waals surface area contributed by atoms with E-state index in [1.54, 1.807) is 12.3 Å². The Kier molecular flexibility index (Phi) is 8.88. The monoisotopic (exact) mass is 423 g/mol. The first-order valence-electron chi connectivity index (χ1n) is 11.5. The van der Waals surface area contributed by atoms with Gasteiger partial charge in [0.05, 0.1) is 17.2 Å². The molecule has 2 aromatic rings. The molecule has 6 heteroatoms. The number of nitro groups is 1. The Hall–Kier alpha value is -2.89. The molecule has 0 saturated carbocycles. The maximum atomic E-state index is 11.5. The van der Waals surface area contributed by atoms with Crippen molar-refractivity contribution in [2.24, 2.45) is 4.99 Å². The van der Waals surface area contributed by atoms with Crippen LogP contribution in [0.5, 0.6) is 5.75 Å².